The van der Waals surface area contributed by atoms with Crippen molar-refractivity contribution in [2.24, 2.45) is 11.7 Å². The first-order chi connectivity index (χ1) is 8.04. The monoisotopic (exact) mass is 254 g/mol. The van der Waals surface area contributed by atoms with Crippen LogP contribution in [0.1, 0.15) is 32.1 Å². The van der Waals surface area contributed by atoms with E-state index in [1.165, 1.54) is 4.88 Å². The normalized spacial score (nSPS) is 16.2. The second-order valence-corrected chi connectivity index (χ2v) is 5.64. The van der Waals surface area contributed by atoms with Gasteiger partial charge >= 0.3 is 0 Å². The molecule has 1 aromatic heterocycles. The molecule has 0 aliphatic rings. The molecule has 4 heteroatoms. The van der Waals surface area contributed by atoms with Gasteiger partial charge in [-0.15, -0.1) is 11.3 Å². The van der Waals surface area contributed by atoms with Crippen LogP contribution in [-0.4, -0.2) is 18.0 Å². The molecule has 3 atom stereocenters. The Bertz CT molecular complexity index is 337. The zero-order valence-corrected chi connectivity index (χ0v) is 11.6. The molecule has 3 nitrogen and oxygen atoms in total. The molecule has 0 fully saturated rings. The lowest BCUT2D eigenvalue weighted by atomic mass is 9.99. The molecule has 1 amide bonds. The minimum absolute atomic E-state index is 0.0385. The van der Waals surface area contributed by atoms with E-state index in [4.69, 9.17) is 5.73 Å². The first-order valence-electron chi connectivity index (χ1n) is 6.13. The number of hydrogen-bond acceptors (Lipinski definition) is 3. The van der Waals surface area contributed by atoms with Crippen LogP contribution in [0.15, 0.2) is 17.5 Å². The molecule has 3 N–H and O–H groups in total. The number of carbonyl (C=O) groups excluding carboxylic acids is 1. The third-order valence-electron chi connectivity index (χ3n) is 3.04. The van der Waals surface area contributed by atoms with Crippen LogP contribution in [0, 0.1) is 5.92 Å². The summed E-state index contributed by atoms with van der Waals surface area (Å²) in [6.45, 7) is 6.07. The molecule has 0 radical (unpaired) electrons. The van der Waals surface area contributed by atoms with Crippen molar-refractivity contribution in [1.29, 1.82) is 0 Å². The van der Waals surface area contributed by atoms with Gasteiger partial charge in [0.05, 0.1) is 6.04 Å². The fourth-order valence-electron chi connectivity index (χ4n) is 1.63. The summed E-state index contributed by atoms with van der Waals surface area (Å²) in [5.74, 6) is 0.187. The smallest absolute Gasteiger partial charge is 0.237 e. The number of rotatable bonds is 6. The quantitative estimate of drug-likeness (QED) is 0.817. The van der Waals surface area contributed by atoms with E-state index in [1.807, 2.05) is 26.8 Å². The highest BCUT2D eigenvalue weighted by Gasteiger charge is 2.20. The van der Waals surface area contributed by atoms with Crippen LogP contribution in [-0.2, 0) is 11.2 Å². The Balaban J connectivity index is 2.40. The Morgan fingerprint density at radius 3 is 2.76 bits per heavy atom. The van der Waals surface area contributed by atoms with E-state index in [0.29, 0.717) is 0 Å². The average molecular weight is 254 g/mol. The Labute approximate surface area is 107 Å². The van der Waals surface area contributed by atoms with E-state index >= 15 is 0 Å². The molecule has 96 valence electrons. The molecule has 1 rings (SSSR count). The van der Waals surface area contributed by atoms with Crippen LogP contribution in [0.25, 0.3) is 0 Å². The Hall–Kier alpha value is -0.870. The summed E-state index contributed by atoms with van der Waals surface area (Å²) >= 11 is 1.71. The third kappa shape index (κ3) is 4.48. The molecule has 17 heavy (non-hydrogen) atoms. The van der Waals surface area contributed by atoms with E-state index < -0.39 is 6.04 Å². The van der Waals surface area contributed by atoms with Crippen LogP contribution in [0.3, 0.4) is 0 Å². The van der Waals surface area contributed by atoms with Gasteiger partial charge in [-0.25, -0.2) is 0 Å². The Morgan fingerprint density at radius 1 is 1.53 bits per heavy atom. The molecule has 0 saturated carbocycles. The number of nitrogens with two attached hydrogens (primary N) is 1. The summed E-state index contributed by atoms with van der Waals surface area (Å²) in [4.78, 5) is 13.1. The summed E-state index contributed by atoms with van der Waals surface area (Å²) in [6.07, 6.45) is 1.80. The van der Waals surface area contributed by atoms with Crippen molar-refractivity contribution < 1.29 is 4.79 Å². The maximum atomic E-state index is 11.8. The van der Waals surface area contributed by atoms with Gasteiger partial charge < -0.3 is 11.1 Å². The molecule has 0 aliphatic carbocycles. The number of carbonyl (C=O) groups is 1. The van der Waals surface area contributed by atoms with Crippen LogP contribution < -0.4 is 11.1 Å². The highest BCUT2D eigenvalue weighted by atomic mass is 32.1. The molecule has 0 spiro atoms. The zero-order valence-electron chi connectivity index (χ0n) is 10.8. The summed E-state index contributed by atoms with van der Waals surface area (Å²) < 4.78 is 0. The van der Waals surface area contributed by atoms with Gasteiger partial charge in [0.15, 0.2) is 0 Å². The van der Waals surface area contributed by atoms with Gasteiger partial charge in [-0.2, -0.15) is 0 Å². The van der Waals surface area contributed by atoms with Gasteiger partial charge in [0.2, 0.25) is 5.91 Å². The van der Waals surface area contributed by atoms with Gasteiger partial charge in [0.25, 0.3) is 0 Å². The topological polar surface area (TPSA) is 55.1 Å². The van der Waals surface area contributed by atoms with Crippen LogP contribution >= 0.6 is 11.3 Å². The molecular formula is C13H22N2OS. The molecule has 0 bridgehead atoms. The van der Waals surface area contributed by atoms with Gasteiger partial charge in [0, 0.05) is 17.3 Å². The summed E-state index contributed by atoms with van der Waals surface area (Å²) in [6, 6.07) is 3.85. The molecular weight excluding hydrogens is 232 g/mol. The van der Waals surface area contributed by atoms with E-state index in [2.05, 4.69) is 16.8 Å². The number of amides is 1. The van der Waals surface area contributed by atoms with Gasteiger partial charge in [-0.05, 0) is 24.3 Å². The van der Waals surface area contributed by atoms with Crippen molar-refractivity contribution >= 4 is 17.2 Å². The van der Waals surface area contributed by atoms with Crippen molar-refractivity contribution in [2.45, 2.75) is 45.7 Å². The molecule has 1 unspecified atom stereocenters. The van der Waals surface area contributed by atoms with Gasteiger partial charge in [-0.3, -0.25) is 4.79 Å². The molecule has 0 aliphatic heterocycles. The van der Waals surface area contributed by atoms with E-state index in [9.17, 15) is 4.79 Å². The van der Waals surface area contributed by atoms with Gasteiger partial charge in [-0.1, -0.05) is 26.3 Å². The fraction of sp³-hybridized carbons (Fsp3) is 0.615. The maximum Gasteiger partial charge on any atom is 0.237 e. The first-order valence-corrected chi connectivity index (χ1v) is 7.00. The predicted octanol–water partition coefficient (Wildman–Crippen LogP) is 2.17. The lowest BCUT2D eigenvalue weighted by Crippen LogP contribution is -2.48. The number of thiophene rings is 1. The lowest BCUT2D eigenvalue weighted by molar-refractivity contribution is -0.124. The predicted molar refractivity (Wildman–Crippen MR) is 73.1 cm³/mol. The highest BCUT2D eigenvalue weighted by molar-refractivity contribution is 7.09. The van der Waals surface area contributed by atoms with E-state index in [0.717, 1.165) is 12.8 Å². The number of nitrogens with one attached hydrogen (secondary N) is 1. The van der Waals surface area contributed by atoms with Crippen molar-refractivity contribution in [3.05, 3.63) is 22.4 Å². The van der Waals surface area contributed by atoms with Crippen molar-refractivity contribution in [3.8, 4) is 0 Å². The lowest BCUT2D eigenvalue weighted by Gasteiger charge is -2.20. The minimum atomic E-state index is -0.397. The van der Waals surface area contributed by atoms with E-state index in [1.54, 1.807) is 11.3 Å². The third-order valence-corrected chi connectivity index (χ3v) is 3.93. The summed E-state index contributed by atoms with van der Waals surface area (Å²) in [7, 11) is 0. The maximum absolute atomic E-state index is 11.8. The second kappa shape index (κ2) is 6.77. The summed E-state index contributed by atoms with van der Waals surface area (Å²) in [5, 5.41) is 5.03. The minimum Gasteiger partial charge on any atom is -0.352 e. The standard InChI is InChI=1S/C13H22N2OS/c1-4-9(2)12(14)13(16)15-10(3)8-11-6-5-7-17-11/h5-7,9-10,12H,4,8,14H2,1-3H3,(H,15,16)/t9-,10?,12-/m0/s1. The van der Waals surface area contributed by atoms with Crippen molar-refractivity contribution in [2.75, 3.05) is 0 Å². The van der Waals surface area contributed by atoms with Crippen molar-refractivity contribution in [1.82, 2.24) is 5.32 Å². The SMILES string of the molecule is CC[C@H](C)[C@H](N)C(=O)NC(C)Cc1cccs1. The average Bonchev–Trinajstić information content (AvgIpc) is 2.79. The van der Waals surface area contributed by atoms with Crippen LogP contribution in [0.4, 0.5) is 0 Å². The molecule has 0 aromatic carbocycles. The van der Waals surface area contributed by atoms with Gasteiger partial charge in [0.1, 0.15) is 0 Å². The van der Waals surface area contributed by atoms with E-state index in [-0.39, 0.29) is 17.9 Å². The molecule has 1 aromatic rings. The van der Waals surface area contributed by atoms with Crippen molar-refractivity contribution in [3.63, 3.8) is 0 Å². The highest BCUT2D eigenvalue weighted by Crippen LogP contribution is 2.11. The molecule has 0 saturated heterocycles. The Morgan fingerprint density at radius 2 is 2.24 bits per heavy atom. The zero-order chi connectivity index (χ0) is 12.8. The molecule has 1 heterocycles. The van der Waals surface area contributed by atoms with Crippen LogP contribution in [0.2, 0.25) is 0 Å². The largest absolute Gasteiger partial charge is 0.352 e. The first kappa shape index (κ1) is 14.2. The summed E-state index contributed by atoms with van der Waals surface area (Å²) in [5.41, 5.74) is 5.88. The number of hydrogen-bond donors (Lipinski definition) is 2. The second-order valence-electron chi connectivity index (χ2n) is 4.60. The van der Waals surface area contributed by atoms with Crippen LogP contribution in [0.5, 0.6) is 0 Å². The fourth-order valence-corrected chi connectivity index (χ4v) is 2.47. The Kier molecular flexibility index (Phi) is 5.65.